The van der Waals surface area contributed by atoms with Gasteiger partial charge in [0.05, 0.1) is 12.3 Å². The van der Waals surface area contributed by atoms with Crippen molar-refractivity contribution in [3.8, 4) is 5.75 Å². The van der Waals surface area contributed by atoms with Crippen molar-refractivity contribution in [2.45, 2.75) is 32.6 Å². The second-order valence-electron chi connectivity index (χ2n) is 5.77. The van der Waals surface area contributed by atoms with Crippen LogP contribution in [0.25, 0.3) is 0 Å². The Kier molecular flexibility index (Phi) is 6.90. The van der Waals surface area contributed by atoms with Crippen LogP contribution >= 0.6 is 0 Å². The minimum atomic E-state index is -0.655. The third kappa shape index (κ3) is 5.73. The zero-order valence-corrected chi connectivity index (χ0v) is 14.7. The highest BCUT2D eigenvalue weighted by atomic mass is 16.6. The predicted octanol–water partition coefficient (Wildman–Crippen LogP) is 3.62. The minimum absolute atomic E-state index is 0.162. The minimum Gasteiger partial charge on any atom is -0.484 e. The van der Waals surface area contributed by atoms with E-state index in [1.165, 1.54) is 23.9 Å². The van der Waals surface area contributed by atoms with E-state index < -0.39 is 16.7 Å². The molecule has 138 valence electrons. The molecule has 0 saturated heterocycles. The summed E-state index contributed by atoms with van der Waals surface area (Å²) in [6.45, 7) is 4.14. The molecule has 1 amide bonds. The first-order valence-electron chi connectivity index (χ1n) is 8.28. The van der Waals surface area contributed by atoms with Crippen molar-refractivity contribution < 1.29 is 18.9 Å². The average molecular weight is 359 g/mol. The van der Waals surface area contributed by atoms with Crippen molar-refractivity contribution in [3.63, 3.8) is 0 Å². The molecule has 26 heavy (non-hydrogen) atoms. The fourth-order valence-electron chi connectivity index (χ4n) is 2.35. The third-order valence-electron chi connectivity index (χ3n) is 3.71. The van der Waals surface area contributed by atoms with Crippen LogP contribution in [0.1, 0.15) is 43.9 Å². The van der Waals surface area contributed by atoms with Gasteiger partial charge in [-0.05, 0) is 36.1 Å². The number of nitrogens with one attached hydrogen (secondary N) is 1. The molecule has 1 aromatic heterocycles. The topological polar surface area (TPSA) is 107 Å². The van der Waals surface area contributed by atoms with Crippen LogP contribution in [0.4, 0.5) is 5.88 Å². The molecule has 2 rings (SSSR count). The van der Waals surface area contributed by atoms with Gasteiger partial charge in [0.15, 0.2) is 12.4 Å². The molecule has 0 fully saturated rings. The highest BCUT2D eigenvalue weighted by Gasteiger charge is 2.10. The summed E-state index contributed by atoms with van der Waals surface area (Å²) >= 11 is 0. The zero-order valence-electron chi connectivity index (χ0n) is 14.7. The molecule has 0 spiro atoms. The SMILES string of the molecule is CCC[C@@H](C)c1ccc(OCC(=O)N/N=C\c2ccc([N+](=O)[O-])o2)cc1. The lowest BCUT2D eigenvalue weighted by molar-refractivity contribution is -0.402. The molecule has 1 aromatic carbocycles. The number of carbonyl (C=O) groups excluding carboxylic acids is 1. The molecule has 2 aromatic rings. The van der Waals surface area contributed by atoms with Gasteiger partial charge in [-0.1, -0.05) is 32.4 Å². The molecule has 0 unspecified atom stereocenters. The maximum atomic E-state index is 11.7. The van der Waals surface area contributed by atoms with E-state index in [1.54, 1.807) is 0 Å². The fraction of sp³-hybridized carbons (Fsp3) is 0.333. The Morgan fingerprint density at radius 1 is 1.35 bits per heavy atom. The Labute approximate surface area is 151 Å². The van der Waals surface area contributed by atoms with Crippen LogP contribution in [0, 0.1) is 10.1 Å². The summed E-state index contributed by atoms with van der Waals surface area (Å²) in [6, 6.07) is 10.2. The number of nitrogens with zero attached hydrogens (tertiary/aromatic N) is 2. The van der Waals surface area contributed by atoms with Crippen LogP contribution in [-0.4, -0.2) is 23.7 Å². The van der Waals surface area contributed by atoms with E-state index in [0.29, 0.717) is 11.7 Å². The van der Waals surface area contributed by atoms with Gasteiger partial charge < -0.3 is 9.15 Å². The first kappa shape index (κ1) is 19.2. The van der Waals surface area contributed by atoms with Crippen LogP contribution < -0.4 is 10.2 Å². The van der Waals surface area contributed by atoms with Crippen LogP contribution in [0.15, 0.2) is 45.9 Å². The fourth-order valence-corrected chi connectivity index (χ4v) is 2.35. The van der Waals surface area contributed by atoms with Gasteiger partial charge in [0, 0.05) is 0 Å². The molecule has 0 radical (unpaired) electrons. The van der Waals surface area contributed by atoms with Gasteiger partial charge in [-0.25, -0.2) is 5.43 Å². The number of carbonyl (C=O) groups is 1. The first-order chi connectivity index (χ1) is 12.5. The van der Waals surface area contributed by atoms with Crippen molar-refractivity contribution in [1.29, 1.82) is 0 Å². The third-order valence-corrected chi connectivity index (χ3v) is 3.71. The number of amides is 1. The molecule has 1 atom stereocenters. The molecular formula is C18H21N3O5. The van der Waals surface area contributed by atoms with E-state index >= 15 is 0 Å². The molecular weight excluding hydrogens is 338 g/mol. The number of rotatable bonds is 9. The summed E-state index contributed by atoms with van der Waals surface area (Å²) in [7, 11) is 0. The highest BCUT2D eigenvalue weighted by molar-refractivity contribution is 5.81. The summed E-state index contributed by atoms with van der Waals surface area (Å²) in [5, 5.41) is 14.2. The molecule has 1 N–H and O–H groups in total. The van der Waals surface area contributed by atoms with E-state index in [1.807, 2.05) is 24.3 Å². The van der Waals surface area contributed by atoms with E-state index in [4.69, 9.17) is 9.15 Å². The van der Waals surface area contributed by atoms with Gasteiger partial charge in [0.1, 0.15) is 10.7 Å². The molecule has 0 saturated carbocycles. The average Bonchev–Trinajstić information content (AvgIpc) is 3.10. The number of benzene rings is 1. The van der Waals surface area contributed by atoms with Crippen LogP contribution in [0.2, 0.25) is 0 Å². The monoisotopic (exact) mass is 359 g/mol. The lowest BCUT2D eigenvalue weighted by atomic mass is 9.97. The summed E-state index contributed by atoms with van der Waals surface area (Å²) in [5.41, 5.74) is 3.50. The second kappa shape index (κ2) is 9.36. The maximum Gasteiger partial charge on any atom is 0.433 e. The molecule has 0 aliphatic heterocycles. The number of furan rings is 1. The van der Waals surface area contributed by atoms with Gasteiger partial charge in [0.25, 0.3) is 5.91 Å². The van der Waals surface area contributed by atoms with E-state index in [9.17, 15) is 14.9 Å². The smallest absolute Gasteiger partial charge is 0.433 e. The van der Waals surface area contributed by atoms with Gasteiger partial charge in [0.2, 0.25) is 0 Å². The van der Waals surface area contributed by atoms with E-state index in [2.05, 4.69) is 24.4 Å². The summed E-state index contributed by atoms with van der Waals surface area (Å²) < 4.78 is 10.3. The molecule has 0 aliphatic carbocycles. The van der Waals surface area contributed by atoms with Gasteiger partial charge in [-0.3, -0.25) is 14.9 Å². The van der Waals surface area contributed by atoms with E-state index in [0.717, 1.165) is 12.8 Å². The van der Waals surface area contributed by atoms with Crippen molar-refractivity contribution >= 4 is 18.0 Å². The molecule has 0 aliphatic rings. The lowest BCUT2D eigenvalue weighted by Gasteiger charge is -2.11. The van der Waals surface area contributed by atoms with Crippen molar-refractivity contribution in [2.24, 2.45) is 5.10 Å². The quantitative estimate of drug-likeness (QED) is 0.418. The maximum absolute atomic E-state index is 11.7. The Morgan fingerprint density at radius 2 is 2.08 bits per heavy atom. The normalized spacial score (nSPS) is 12.1. The Bertz CT molecular complexity index is 767. The summed E-state index contributed by atoms with van der Waals surface area (Å²) in [6.07, 6.45) is 3.43. The van der Waals surface area contributed by atoms with Crippen molar-refractivity contribution in [3.05, 3.63) is 57.8 Å². The number of hydrogen-bond donors (Lipinski definition) is 1. The lowest BCUT2D eigenvalue weighted by Crippen LogP contribution is -2.24. The Balaban J connectivity index is 1.77. The molecule has 8 heteroatoms. The summed E-state index contributed by atoms with van der Waals surface area (Å²) in [5.74, 6) is 0.403. The van der Waals surface area contributed by atoms with Crippen molar-refractivity contribution in [2.75, 3.05) is 6.61 Å². The number of hydrazone groups is 1. The highest BCUT2D eigenvalue weighted by Crippen LogP contribution is 2.22. The second-order valence-corrected chi connectivity index (χ2v) is 5.77. The number of ether oxygens (including phenoxy) is 1. The zero-order chi connectivity index (χ0) is 18.9. The largest absolute Gasteiger partial charge is 0.484 e. The van der Waals surface area contributed by atoms with Crippen LogP contribution in [0.3, 0.4) is 0 Å². The van der Waals surface area contributed by atoms with Crippen LogP contribution in [-0.2, 0) is 4.79 Å². The standard InChI is InChI=1S/C18H21N3O5/c1-3-4-13(2)14-5-7-15(8-6-14)25-12-17(22)20-19-11-16-9-10-18(26-16)21(23)24/h5-11,13H,3-4,12H2,1-2H3,(H,20,22)/b19-11-/t13-/m1/s1. The number of hydrogen-bond acceptors (Lipinski definition) is 6. The Morgan fingerprint density at radius 3 is 2.69 bits per heavy atom. The van der Waals surface area contributed by atoms with Crippen molar-refractivity contribution in [1.82, 2.24) is 5.43 Å². The predicted molar refractivity (Wildman–Crippen MR) is 96.4 cm³/mol. The van der Waals surface area contributed by atoms with Gasteiger partial charge in [-0.2, -0.15) is 5.10 Å². The molecule has 8 nitrogen and oxygen atoms in total. The Hall–Kier alpha value is -3.16. The van der Waals surface area contributed by atoms with Crippen LogP contribution in [0.5, 0.6) is 5.75 Å². The van der Waals surface area contributed by atoms with Gasteiger partial charge in [-0.15, -0.1) is 0 Å². The molecule has 0 bridgehead atoms. The van der Waals surface area contributed by atoms with E-state index in [-0.39, 0.29) is 12.4 Å². The number of nitro groups is 1. The summed E-state index contributed by atoms with van der Waals surface area (Å²) in [4.78, 5) is 21.5. The first-order valence-corrected chi connectivity index (χ1v) is 8.28. The van der Waals surface area contributed by atoms with Gasteiger partial charge >= 0.3 is 5.88 Å². The molecule has 1 heterocycles.